The van der Waals surface area contributed by atoms with Gasteiger partial charge in [-0.3, -0.25) is 9.89 Å². The third-order valence-electron chi connectivity index (χ3n) is 7.54. The molecule has 6 rings (SSSR count). The van der Waals surface area contributed by atoms with Crippen LogP contribution in [0.2, 0.25) is 0 Å². The van der Waals surface area contributed by atoms with Gasteiger partial charge in [-0.15, -0.1) is 5.10 Å². The molecule has 0 saturated heterocycles. The van der Waals surface area contributed by atoms with E-state index >= 15 is 0 Å². The van der Waals surface area contributed by atoms with E-state index in [4.69, 9.17) is 10.7 Å². The molecule has 2 aliphatic rings. The highest BCUT2D eigenvalue weighted by Gasteiger charge is 2.29. The average molecular weight is 487 g/mol. The van der Waals surface area contributed by atoms with Crippen LogP contribution in [0.3, 0.4) is 0 Å². The number of aromatic amines is 1. The quantitative estimate of drug-likeness (QED) is 0.361. The van der Waals surface area contributed by atoms with Crippen LogP contribution < -0.4 is 16.0 Å². The van der Waals surface area contributed by atoms with Crippen LogP contribution in [-0.2, 0) is 7.05 Å². The molecule has 0 bridgehead atoms. The number of anilines is 3. The Morgan fingerprint density at radius 1 is 1.11 bits per heavy atom. The van der Waals surface area contributed by atoms with Crippen molar-refractivity contribution in [1.29, 1.82) is 0 Å². The predicted octanol–water partition coefficient (Wildman–Crippen LogP) is 3.36. The SMILES string of the molecule is CN(c1nccc(Nc2cc(C3CC3)[nH]n2)n1)C1CCC(c2cc(C(N)=O)cc3c2nnn3C)CC1. The maximum atomic E-state index is 11.9. The molecule has 11 heteroatoms. The number of rotatable bonds is 7. The van der Waals surface area contributed by atoms with E-state index < -0.39 is 5.91 Å². The van der Waals surface area contributed by atoms with Crippen molar-refractivity contribution < 1.29 is 4.79 Å². The second kappa shape index (κ2) is 8.89. The van der Waals surface area contributed by atoms with Gasteiger partial charge < -0.3 is 16.0 Å². The topological polar surface area (TPSA) is 144 Å². The van der Waals surface area contributed by atoms with Crippen LogP contribution in [-0.4, -0.2) is 54.2 Å². The molecule has 2 aliphatic carbocycles. The predicted molar refractivity (Wildman–Crippen MR) is 136 cm³/mol. The van der Waals surface area contributed by atoms with Crippen molar-refractivity contribution >= 4 is 34.5 Å². The van der Waals surface area contributed by atoms with Crippen LogP contribution in [0.5, 0.6) is 0 Å². The molecular weight excluding hydrogens is 456 g/mol. The van der Waals surface area contributed by atoms with Crippen LogP contribution in [0.15, 0.2) is 30.5 Å². The number of carbonyl (C=O) groups is 1. The number of amides is 1. The number of fused-ring (bicyclic) bond motifs is 1. The number of primary amides is 1. The molecule has 0 atom stereocenters. The lowest BCUT2D eigenvalue weighted by atomic mass is 9.80. The van der Waals surface area contributed by atoms with E-state index in [2.05, 4.69) is 48.8 Å². The minimum absolute atomic E-state index is 0.294. The molecule has 1 aromatic carbocycles. The number of H-pyrrole nitrogens is 1. The molecule has 4 N–H and O–H groups in total. The van der Waals surface area contributed by atoms with Crippen molar-refractivity contribution in [3.63, 3.8) is 0 Å². The van der Waals surface area contributed by atoms with Gasteiger partial charge in [-0.1, -0.05) is 5.21 Å². The van der Waals surface area contributed by atoms with Gasteiger partial charge in [0.05, 0.1) is 5.52 Å². The number of aromatic nitrogens is 7. The highest BCUT2D eigenvalue weighted by Crippen LogP contribution is 2.40. The largest absolute Gasteiger partial charge is 0.366 e. The zero-order valence-corrected chi connectivity index (χ0v) is 20.5. The number of nitrogens with two attached hydrogens (primary N) is 1. The Labute approximate surface area is 208 Å². The molecule has 0 radical (unpaired) electrons. The second-order valence-electron chi connectivity index (χ2n) is 9.98. The first kappa shape index (κ1) is 22.4. The average Bonchev–Trinajstić information content (AvgIpc) is 3.53. The Morgan fingerprint density at radius 3 is 2.64 bits per heavy atom. The molecule has 0 aliphatic heterocycles. The summed E-state index contributed by atoms with van der Waals surface area (Å²) in [7, 11) is 3.88. The molecule has 1 amide bonds. The molecular formula is C25H30N10O. The molecule has 4 aromatic rings. The van der Waals surface area contributed by atoms with Crippen molar-refractivity contribution in [3.8, 4) is 0 Å². The number of nitrogens with zero attached hydrogens (tertiary/aromatic N) is 7. The zero-order chi connectivity index (χ0) is 24.8. The monoisotopic (exact) mass is 486 g/mol. The molecule has 2 fully saturated rings. The Bertz CT molecular complexity index is 1410. The molecule has 11 nitrogen and oxygen atoms in total. The number of benzene rings is 1. The lowest BCUT2D eigenvalue weighted by molar-refractivity contribution is 0.1000. The molecule has 36 heavy (non-hydrogen) atoms. The van der Waals surface area contributed by atoms with E-state index in [-0.39, 0.29) is 0 Å². The van der Waals surface area contributed by atoms with Gasteiger partial charge in [0.2, 0.25) is 11.9 Å². The normalized spacial score (nSPS) is 19.9. The minimum Gasteiger partial charge on any atom is -0.366 e. The molecule has 0 unspecified atom stereocenters. The number of hydrogen-bond donors (Lipinski definition) is 3. The number of aryl methyl sites for hydroxylation is 1. The molecule has 2 saturated carbocycles. The van der Waals surface area contributed by atoms with Gasteiger partial charge in [0, 0.05) is 49.6 Å². The summed E-state index contributed by atoms with van der Waals surface area (Å²) < 4.78 is 1.69. The Kier molecular flexibility index (Phi) is 5.54. The summed E-state index contributed by atoms with van der Waals surface area (Å²) in [6.07, 6.45) is 8.14. The number of nitrogens with one attached hydrogen (secondary N) is 2. The lowest BCUT2D eigenvalue weighted by Gasteiger charge is -2.35. The zero-order valence-electron chi connectivity index (χ0n) is 20.5. The summed E-state index contributed by atoms with van der Waals surface area (Å²) in [6.45, 7) is 0. The van der Waals surface area contributed by atoms with Gasteiger partial charge in [-0.25, -0.2) is 9.67 Å². The molecule has 3 aromatic heterocycles. The van der Waals surface area contributed by atoms with Crippen LogP contribution in [0.1, 0.15) is 72.0 Å². The van der Waals surface area contributed by atoms with E-state index in [1.165, 1.54) is 18.5 Å². The molecule has 3 heterocycles. The van der Waals surface area contributed by atoms with E-state index in [1.807, 2.05) is 19.2 Å². The first-order chi connectivity index (χ1) is 17.5. The summed E-state index contributed by atoms with van der Waals surface area (Å²) >= 11 is 0. The summed E-state index contributed by atoms with van der Waals surface area (Å²) in [6, 6.07) is 7.91. The summed E-state index contributed by atoms with van der Waals surface area (Å²) in [4.78, 5) is 23.4. The van der Waals surface area contributed by atoms with Gasteiger partial charge in [-0.05, 0) is 68.2 Å². The lowest BCUT2D eigenvalue weighted by Crippen LogP contribution is -2.36. The highest BCUT2D eigenvalue weighted by atomic mass is 16.1. The summed E-state index contributed by atoms with van der Waals surface area (Å²) in [5, 5.41) is 19.3. The van der Waals surface area contributed by atoms with E-state index in [1.54, 1.807) is 16.9 Å². The van der Waals surface area contributed by atoms with Crippen LogP contribution >= 0.6 is 0 Å². The first-order valence-electron chi connectivity index (χ1n) is 12.5. The fourth-order valence-electron chi connectivity index (χ4n) is 5.27. The number of hydrogen-bond acceptors (Lipinski definition) is 8. The van der Waals surface area contributed by atoms with Gasteiger partial charge in [0.15, 0.2) is 5.82 Å². The van der Waals surface area contributed by atoms with Crippen molar-refractivity contribution in [2.75, 3.05) is 17.3 Å². The third-order valence-corrected chi connectivity index (χ3v) is 7.54. The highest BCUT2D eigenvalue weighted by molar-refractivity contribution is 5.97. The molecule has 186 valence electrons. The van der Waals surface area contributed by atoms with Crippen molar-refractivity contribution in [1.82, 2.24) is 35.2 Å². The van der Waals surface area contributed by atoms with Crippen LogP contribution in [0.25, 0.3) is 11.0 Å². The fourth-order valence-corrected chi connectivity index (χ4v) is 5.27. The minimum atomic E-state index is -0.433. The van der Waals surface area contributed by atoms with Crippen molar-refractivity contribution in [3.05, 3.63) is 47.3 Å². The maximum absolute atomic E-state index is 11.9. The Balaban J connectivity index is 1.15. The van der Waals surface area contributed by atoms with Crippen molar-refractivity contribution in [2.45, 2.75) is 56.4 Å². The summed E-state index contributed by atoms with van der Waals surface area (Å²) in [5.41, 5.74) is 10.0. The van der Waals surface area contributed by atoms with E-state index in [9.17, 15) is 4.79 Å². The van der Waals surface area contributed by atoms with Crippen LogP contribution in [0, 0.1) is 0 Å². The van der Waals surface area contributed by atoms with Gasteiger partial charge in [-0.2, -0.15) is 10.1 Å². The van der Waals surface area contributed by atoms with E-state index in [0.29, 0.717) is 29.4 Å². The van der Waals surface area contributed by atoms with Crippen LogP contribution in [0.4, 0.5) is 17.6 Å². The van der Waals surface area contributed by atoms with Crippen molar-refractivity contribution in [2.24, 2.45) is 12.8 Å². The third kappa shape index (κ3) is 4.25. The van der Waals surface area contributed by atoms with E-state index in [0.717, 1.165) is 53.9 Å². The Morgan fingerprint density at radius 2 is 1.89 bits per heavy atom. The molecule has 0 spiro atoms. The Hall–Kier alpha value is -4.02. The smallest absolute Gasteiger partial charge is 0.248 e. The van der Waals surface area contributed by atoms with Gasteiger partial charge >= 0.3 is 0 Å². The standard InChI is InChI=1S/C25H30N10O/c1-34(25-27-10-9-21(29-25)28-22-13-19(30-31-22)15-3-4-15)17-7-5-14(6-8-17)18-11-16(24(26)36)12-20-23(18)32-33-35(20)2/h9-15,17H,3-8H2,1-2H3,(H2,26,36)(H2,27,28,29,30,31). The summed E-state index contributed by atoms with van der Waals surface area (Å²) in [5.74, 6) is 2.67. The fraction of sp³-hybridized carbons (Fsp3) is 0.440. The maximum Gasteiger partial charge on any atom is 0.248 e. The van der Waals surface area contributed by atoms with Gasteiger partial charge in [0.1, 0.15) is 11.3 Å². The first-order valence-corrected chi connectivity index (χ1v) is 12.5. The van der Waals surface area contributed by atoms with Gasteiger partial charge in [0.25, 0.3) is 0 Å². The second-order valence-corrected chi connectivity index (χ2v) is 9.98. The number of carbonyl (C=O) groups excluding carboxylic acids is 1.